The van der Waals surface area contributed by atoms with Crippen molar-refractivity contribution < 1.29 is 0 Å². The third kappa shape index (κ3) is 1.56. The van der Waals surface area contributed by atoms with Crippen molar-refractivity contribution >= 4 is 28.4 Å². The van der Waals surface area contributed by atoms with E-state index in [2.05, 4.69) is 30.8 Å². The molecule has 0 spiro atoms. The summed E-state index contributed by atoms with van der Waals surface area (Å²) in [5.74, 6) is 0. The predicted octanol–water partition coefficient (Wildman–Crippen LogP) is -2.42. The van der Waals surface area contributed by atoms with Crippen LogP contribution in [0.2, 0.25) is 0 Å². The van der Waals surface area contributed by atoms with Gasteiger partial charge < -0.3 is 0 Å². The Morgan fingerprint density at radius 3 is 1.91 bits per heavy atom. The van der Waals surface area contributed by atoms with E-state index in [9.17, 15) is 0 Å². The van der Waals surface area contributed by atoms with Gasteiger partial charge >= 0.3 is 71.6 Å². The van der Waals surface area contributed by atoms with Crippen LogP contribution in [0, 0.1) is 0 Å². The molecule has 0 aliphatic carbocycles. The molecule has 0 saturated heterocycles. The molecule has 0 bridgehead atoms. The normalized spacial score (nSPS) is 10.2. The molecule has 0 saturated carbocycles. The molecule has 11 heavy (non-hydrogen) atoms. The molecule has 0 radical (unpaired) electrons. The van der Waals surface area contributed by atoms with E-state index in [0.717, 1.165) is 7.48 Å². The van der Waals surface area contributed by atoms with Gasteiger partial charge in [-0.15, -0.1) is 0 Å². The molecule has 2 N–H and O–H groups in total. The van der Waals surface area contributed by atoms with Gasteiger partial charge in [-0.05, 0) is 0 Å². The first kappa shape index (κ1) is 6.76. The van der Waals surface area contributed by atoms with Gasteiger partial charge in [0.1, 0.15) is 0 Å². The number of hydrogen-bond donors (Lipinski definition) is 2. The fourth-order valence-corrected chi connectivity index (χ4v) is 2.29. The van der Waals surface area contributed by atoms with Crippen molar-refractivity contribution in [1.82, 2.24) is 30.8 Å². The Bertz CT molecular complexity index is 267. The number of hydrogen-bond acceptors (Lipinski definition) is 4. The van der Waals surface area contributed by atoms with Gasteiger partial charge in [-0.3, -0.25) is 0 Å². The Labute approximate surface area is 71.9 Å². The first-order valence-electron chi connectivity index (χ1n) is 2.84. The number of H-pyrrole nitrogens is 2. The van der Waals surface area contributed by atoms with Crippen LogP contribution in [0.1, 0.15) is 0 Å². The Morgan fingerprint density at radius 1 is 1.00 bits per heavy atom. The summed E-state index contributed by atoms with van der Waals surface area (Å²) in [6, 6.07) is 0. The SMILES string of the molecule is c1n[nH]nc1[Te]c1cn[nH]n1. The fourth-order valence-electron chi connectivity index (χ4n) is 0.588. The Morgan fingerprint density at radius 2 is 1.55 bits per heavy atom. The Balaban J connectivity index is 2.14. The van der Waals surface area contributed by atoms with Crippen LogP contribution in [0.4, 0.5) is 0 Å². The zero-order valence-electron chi connectivity index (χ0n) is 5.35. The summed E-state index contributed by atoms with van der Waals surface area (Å²) in [4.78, 5) is 0. The van der Waals surface area contributed by atoms with Gasteiger partial charge in [0.05, 0.1) is 0 Å². The number of aromatic nitrogens is 6. The maximum absolute atomic E-state index is 3.93. The van der Waals surface area contributed by atoms with E-state index < -0.39 is 20.9 Å². The van der Waals surface area contributed by atoms with E-state index in [4.69, 9.17) is 0 Å². The van der Waals surface area contributed by atoms with Crippen molar-refractivity contribution in [2.45, 2.75) is 0 Å². The van der Waals surface area contributed by atoms with E-state index in [-0.39, 0.29) is 0 Å². The standard InChI is InChI=1S/C4H4N6Te/c1-3(7-9-5-1)11-4-2-6-10-8-4/h1-2H,(H,5,7,9)(H,6,8,10). The molecule has 56 valence electrons. The minimum absolute atomic E-state index is 0.481. The topological polar surface area (TPSA) is 83.1 Å². The molecule has 2 heterocycles. The molecule has 2 rings (SSSR count). The summed E-state index contributed by atoms with van der Waals surface area (Å²) >= 11 is -0.481. The predicted molar refractivity (Wildman–Crippen MR) is 37.8 cm³/mol. The first-order valence-corrected chi connectivity index (χ1v) is 5.17. The van der Waals surface area contributed by atoms with Crippen LogP contribution in [-0.4, -0.2) is 51.7 Å². The van der Waals surface area contributed by atoms with E-state index in [1.807, 2.05) is 0 Å². The second-order valence-corrected chi connectivity index (χ2v) is 4.69. The molecular formula is C4H4N6Te. The van der Waals surface area contributed by atoms with Crippen molar-refractivity contribution in [3.8, 4) is 0 Å². The average Bonchev–Trinajstić information content (AvgIpc) is 2.60. The van der Waals surface area contributed by atoms with Gasteiger partial charge in [0.25, 0.3) is 0 Å². The van der Waals surface area contributed by atoms with Gasteiger partial charge in [0.2, 0.25) is 0 Å². The monoisotopic (exact) mass is 266 g/mol. The zero-order valence-corrected chi connectivity index (χ0v) is 7.68. The molecule has 0 aromatic carbocycles. The van der Waals surface area contributed by atoms with Gasteiger partial charge in [0, 0.05) is 0 Å². The number of rotatable bonds is 2. The van der Waals surface area contributed by atoms with E-state index in [0.29, 0.717) is 0 Å². The molecule has 0 atom stereocenters. The summed E-state index contributed by atoms with van der Waals surface area (Å²) < 4.78 is 1.98. The van der Waals surface area contributed by atoms with Crippen LogP contribution < -0.4 is 7.48 Å². The first-order chi connectivity index (χ1) is 5.45. The second kappa shape index (κ2) is 2.98. The van der Waals surface area contributed by atoms with Crippen LogP contribution >= 0.6 is 0 Å². The molecule has 6 nitrogen and oxygen atoms in total. The summed E-state index contributed by atoms with van der Waals surface area (Å²) in [6.45, 7) is 0. The van der Waals surface area contributed by atoms with Crippen molar-refractivity contribution in [2.24, 2.45) is 0 Å². The number of nitrogens with one attached hydrogen (secondary N) is 2. The quantitative estimate of drug-likeness (QED) is 0.591. The second-order valence-electron chi connectivity index (χ2n) is 1.72. The Kier molecular flexibility index (Phi) is 1.83. The summed E-state index contributed by atoms with van der Waals surface area (Å²) in [5, 5.41) is 20.4. The minimum atomic E-state index is -0.481. The van der Waals surface area contributed by atoms with Crippen LogP contribution in [0.25, 0.3) is 0 Å². The molecule has 7 heteroatoms. The van der Waals surface area contributed by atoms with Crippen LogP contribution in [0.5, 0.6) is 0 Å². The van der Waals surface area contributed by atoms with E-state index >= 15 is 0 Å². The number of aromatic amines is 2. The summed E-state index contributed by atoms with van der Waals surface area (Å²) in [7, 11) is 0. The van der Waals surface area contributed by atoms with Crippen molar-refractivity contribution in [1.29, 1.82) is 0 Å². The van der Waals surface area contributed by atoms with Crippen LogP contribution in [0.15, 0.2) is 12.4 Å². The van der Waals surface area contributed by atoms with Crippen LogP contribution in [0.3, 0.4) is 0 Å². The molecule has 2 aromatic heterocycles. The van der Waals surface area contributed by atoms with Crippen molar-refractivity contribution in [3.05, 3.63) is 12.4 Å². The molecule has 0 fully saturated rings. The van der Waals surface area contributed by atoms with Gasteiger partial charge in [-0.2, -0.15) is 0 Å². The van der Waals surface area contributed by atoms with E-state index in [1.165, 1.54) is 0 Å². The average molecular weight is 264 g/mol. The molecule has 2 aromatic rings. The molecular weight excluding hydrogens is 260 g/mol. The summed E-state index contributed by atoms with van der Waals surface area (Å²) in [5.41, 5.74) is 0. The van der Waals surface area contributed by atoms with Gasteiger partial charge in [0.15, 0.2) is 0 Å². The number of nitrogens with zero attached hydrogens (tertiary/aromatic N) is 4. The molecule has 0 unspecified atom stereocenters. The Hall–Kier alpha value is -0.930. The zero-order chi connectivity index (χ0) is 7.52. The molecule has 0 aliphatic heterocycles. The van der Waals surface area contributed by atoms with Crippen molar-refractivity contribution in [2.75, 3.05) is 0 Å². The van der Waals surface area contributed by atoms with E-state index in [1.54, 1.807) is 12.4 Å². The molecule has 0 aliphatic rings. The maximum atomic E-state index is 3.93. The fraction of sp³-hybridized carbons (Fsp3) is 0. The molecule has 0 amide bonds. The van der Waals surface area contributed by atoms with Crippen LogP contribution in [-0.2, 0) is 0 Å². The third-order valence-electron chi connectivity index (χ3n) is 0.995. The third-order valence-corrected chi connectivity index (χ3v) is 3.31. The van der Waals surface area contributed by atoms with Gasteiger partial charge in [-0.25, -0.2) is 0 Å². The summed E-state index contributed by atoms with van der Waals surface area (Å²) in [6.07, 6.45) is 3.44. The van der Waals surface area contributed by atoms with Crippen molar-refractivity contribution in [3.63, 3.8) is 0 Å². The van der Waals surface area contributed by atoms with Gasteiger partial charge in [-0.1, -0.05) is 0 Å².